The van der Waals surface area contributed by atoms with Crippen LogP contribution < -0.4 is 10.1 Å². The highest BCUT2D eigenvalue weighted by molar-refractivity contribution is 5.88. The summed E-state index contributed by atoms with van der Waals surface area (Å²) in [5.41, 5.74) is 3.28. The summed E-state index contributed by atoms with van der Waals surface area (Å²) < 4.78 is 43.3. The van der Waals surface area contributed by atoms with E-state index in [1.807, 2.05) is 13.0 Å². The number of carboxylic acid groups (broad SMARTS) is 1. The first-order valence-corrected chi connectivity index (χ1v) is 8.57. The van der Waals surface area contributed by atoms with Crippen molar-refractivity contribution in [2.45, 2.75) is 32.7 Å². The van der Waals surface area contributed by atoms with Gasteiger partial charge in [0.05, 0.1) is 0 Å². The highest BCUT2D eigenvalue weighted by atomic mass is 19.4. The lowest BCUT2D eigenvalue weighted by Gasteiger charge is -2.12. The van der Waals surface area contributed by atoms with Crippen LogP contribution in [0.5, 0.6) is 5.75 Å². The number of nitrogens with one attached hydrogen (secondary N) is 2. The molecular weight excluding hydrogens is 373 g/mol. The van der Waals surface area contributed by atoms with Crippen molar-refractivity contribution in [3.8, 4) is 5.75 Å². The number of ether oxygens (including phenoxy) is 1. The van der Waals surface area contributed by atoms with E-state index in [9.17, 15) is 18.0 Å². The van der Waals surface area contributed by atoms with Gasteiger partial charge in [-0.3, -0.25) is 5.32 Å². The molecule has 0 amide bonds. The minimum absolute atomic E-state index is 0.0346. The van der Waals surface area contributed by atoms with Crippen molar-refractivity contribution in [1.82, 2.24) is 4.98 Å². The van der Waals surface area contributed by atoms with Crippen LogP contribution in [0.4, 0.5) is 18.9 Å². The first kappa shape index (κ1) is 19.6. The summed E-state index contributed by atoms with van der Waals surface area (Å²) in [5, 5.41) is 11.2. The van der Waals surface area contributed by atoms with E-state index in [4.69, 9.17) is 9.84 Å². The summed E-state index contributed by atoms with van der Waals surface area (Å²) in [7, 11) is 0. The molecule has 1 heterocycles. The van der Waals surface area contributed by atoms with E-state index in [1.54, 1.807) is 24.3 Å². The third-order valence-electron chi connectivity index (χ3n) is 4.35. The standard InChI is InChI=1S/C20H19F3N2O3/c1-11-16(9-13-4-3-5-15(8-13)28-12(2)19(26)27)17-10-14(25-20(21,22)23)6-7-18(17)24-11/h3-8,10,12,24-25H,9H2,1-2H3,(H,26,27). The Morgan fingerprint density at radius 2 is 2.00 bits per heavy atom. The SMILES string of the molecule is Cc1[nH]c2ccc(NC(F)(F)F)cc2c1Cc1cccc(OC(C)C(=O)O)c1. The van der Waals surface area contributed by atoms with Gasteiger partial charge in [0.25, 0.3) is 0 Å². The smallest absolute Gasteiger partial charge is 0.479 e. The topological polar surface area (TPSA) is 74.3 Å². The van der Waals surface area contributed by atoms with Crippen molar-refractivity contribution in [3.63, 3.8) is 0 Å². The molecular formula is C20H19F3N2O3. The maximum atomic E-state index is 12.6. The Labute approximate surface area is 159 Å². The molecule has 0 radical (unpaired) electrons. The molecule has 0 fully saturated rings. The zero-order valence-electron chi connectivity index (χ0n) is 15.2. The van der Waals surface area contributed by atoms with E-state index in [0.717, 1.165) is 22.3 Å². The van der Waals surface area contributed by atoms with Crippen LogP contribution in [0, 0.1) is 6.92 Å². The number of aryl methyl sites for hydroxylation is 1. The van der Waals surface area contributed by atoms with Crippen molar-refractivity contribution in [2.24, 2.45) is 0 Å². The Kier molecular flexibility index (Phi) is 5.22. The maximum absolute atomic E-state index is 12.6. The van der Waals surface area contributed by atoms with Crippen molar-refractivity contribution in [1.29, 1.82) is 0 Å². The molecule has 0 aliphatic heterocycles. The molecule has 1 atom stereocenters. The second-order valence-corrected chi connectivity index (χ2v) is 6.53. The average molecular weight is 392 g/mol. The predicted molar refractivity (Wildman–Crippen MR) is 99.7 cm³/mol. The number of aromatic nitrogens is 1. The zero-order chi connectivity index (χ0) is 20.5. The van der Waals surface area contributed by atoms with Gasteiger partial charge in [-0.25, -0.2) is 4.79 Å². The molecule has 8 heteroatoms. The summed E-state index contributed by atoms with van der Waals surface area (Å²) >= 11 is 0. The van der Waals surface area contributed by atoms with Gasteiger partial charge in [0.1, 0.15) is 5.75 Å². The molecule has 3 aromatic rings. The summed E-state index contributed by atoms with van der Waals surface area (Å²) in [6.45, 7) is 3.30. The minimum atomic E-state index is -4.51. The van der Waals surface area contributed by atoms with Crippen molar-refractivity contribution >= 4 is 22.6 Å². The largest absolute Gasteiger partial charge is 0.482 e. The number of hydrogen-bond acceptors (Lipinski definition) is 3. The van der Waals surface area contributed by atoms with Crippen LogP contribution in [-0.4, -0.2) is 28.5 Å². The molecule has 0 spiro atoms. The second kappa shape index (κ2) is 7.46. The summed E-state index contributed by atoms with van der Waals surface area (Å²) in [4.78, 5) is 14.1. The number of alkyl halides is 3. The normalized spacial score (nSPS) is 12.8. The van der Waals surface area contributed by atoms with Gasteiger partial charge in [0.2, 0.25) is 0 Å². The first-order chi connectivity index (χ1) is 13.1. The quantitative estimate of drug-likeness (QED) is 0.524. The predicted octanol–water partition coefficient (Wildman–Crippen LogP) is 4.85. The molecule has 0 aliphatic rings. The fourth-order valence-electron chi connectivity index (χ4n) is 3.04. The van der Waals surface area contributed by atoms with Crippen LogP contribution in [0.15, 0.2) is 42.5 Å². The molecule has 3 N–H and O–H groups in total. The van der Waals surface area contributed by atoms with Gasteiger partial charge in [0.15, 0.2) is 6.10 Å². The summed E-state index contributed by atoms with van der Waals surface area (Å²) in [6.07, 6.45) is -5.04. The van der Waals surface area contributed by atoms with Gasteiger partial charge < -0.3 is 14.8 Å². The van der Waals surface area contributed by atoms with Crippen LogP contribution >= 0.6 is 0 Å². The van der Waals surface area contributed by atoms with Gasteiger partial charge in [-0.15, -0.1) is 0 Å². The number of anilines is 1. The number of halogens is 3. The molecule has 0 aliphatic carbocycles. The Hall–Kier alpha value is -3.16. The third-order valence-corrected chi connectivity index (χ3v) is 4.35. The van der Waals surface area contributed by atoms with E-state index >= 15 is 0 Å². The molecule has 1 aromatic heterocycles. The Morgan fingerprint density at radius 1 is 1.25 bits per heavy atom. The van der Waals surface area contributed by atoms with E-state index in [1.165, 1.54) is 24.4 Å². The van der Waals surface area contributed by atoms with Crippen molar-refractivity contribution in [3.05, 3.63) is 59.3 Å². The summed E-state index contributed by atoms with van der Waals surface area (Å²) in [5.74, 6) is -0.646. The van der Waals surface area contributed by atoms with E-state index < -0.39 is 18.4 Å². The molecule has 1 unspecified atom stereocenters. The van der Waals surface area contributed by atoms with Crippen LogP contribution in [-0.2, 0) is 11.2 Å². The van der Waals surface area contributed by atoms with Crippen molar-refractivity contribution in [2.75, 3.05) is 5.32 Å². The Bertz CT molecular complexity index is 1010. The number of benzene rings is 2. The molecule has 2 aromatic carbocycles. The fraction of sp³-hybridized carbons (Fsp3) is 0.250. The maximum Gasteiger partial charge on any atom is 0.482 e. The Balaban J connectivity index is 1.90. The minimum Gasteiger partial charge on any atom is -0.479 e. The lowest BCUT2D eigenvalue weighted by Crippen LogP contribution is -2.22. The highest BCUT2D eigenvalue weighted by Crippen LogP contribution is 2.30. The lowest BCUT2D eigenvalue weighted by atomic mass is 10.0. The number of aliphatic carboxylic acids is 1. The first-order valence-electron chi connectivity index (χ1n) is 8.57. The van der Waals surface area contributed by atoms with Gasteiger partial charge in [-0.1, -0.05) is 12.1 Å². The number of aromatic amines is 1. The number of hydrogen-bond donors (Lipinski definition) is 3. The lowest BCUT2D eigenvalue weighted by molar-refractivity contribution is -0.144. The molecule has 148 valence electrons. The van der Waals surface area contributed by atoms with Crippen LogP contribution in [0.2, 0.25) is 0 Å². The van der Waals surface area contributed by atoms with Gasteiger partial charge in [0, 0.05) is 22.3 Å². The van der Waals surface area contributed by atoms with Gasteiger partial charge >= 0.3 is 12.3 Å². The van der Waals surface area contributed by atoms with Crippen molar-refractivity contribution < 1.29 is 27.8 Å². The number of carboxylic acids is 1. The average Bonchev–Trinajstić information content (AvgIpc) is 2.89. The molecule has 28 heavy (non-hydrogen) atoms. The van der Waals surface area contributed by atoms with E-state index in [0.29, 0.717) is 17.6 Å². The highest BCUT2D eigenvalue weighted by Gasteiger charge is 2.27. The Morgan fingerprint density at radius 3 is 2.68 bits per heavy atom. The van der Waals surface area contributed by atoms with Crippen LogP contribution in [0.25, 0.3) is 10.9 Å². The number of carbonyl (C=O) groups is 1. The molecule has 3 rings (SSSR count). The second-order valence-electron chi connectivity index (χ2n) is 6.53. The van der Waals surface area contributed by atoms with Crippen LogP contribution in [0.1, 0.15) is 23.7 Å². The summed E-state index contributed by atoms with van der Waals surface area (Å²) in [6, 6.07) is 11.4. The van der Waals surface area contributed by atoms with E-state index in [-0.39, 0.29) is 5.69 Å². The zero-order valence-corrected chi connectivity index (χ0v) is 15.2. The monoisotopic (exact) mass is 392 g/mol. The molecule has 0 saturated heterocycles. The number of fused-ring (bicyclic) bond motifs is 1. The fourth-order valence-corrected chi connectivity index (χ4v) is 3.04. The third kappa shape index (κ3) is 4.57. The molecule has 0 saturated carbocycles. The number of rotatable bonds is 6. The molecule has 5 nitrogen and oxygen atoms in total. The van der Waals surface area contributed by atoms with Gasteiger partial charge in [-0.2, -0.15) is 13.2 Å². The van der Waals surface area contributed by atoms with E-state index in [2.05, 4.69) is 4.98 Å². The van der Waals surface area contributed by atoms with Crippen LogP contribution in [0.3, 0.4) is 0 Å². The number of H-pyrrole nitrogens is 1. The van der Waals surface area contributed by atoms with Gasteiger partial charge in [-0.05, 0) is 61.7 Å². The molecule has 0 bridgehead atoms.